The molecule has 0 bridgehead atoms. The predicted molar refractivity (Wildman–Crippen MR) is 135 cm³/mol. The number of aromatic amines is 1. The average Bonchev–Trinajstić information content (AvgIpc) is 3.54. The molecule has 0 aliphatic carbocycles. The fraction of sp³-hybridized carbons (Fsp3) is 0.222. The van der Waals surface area contributed by atoms with E-state index < -0.39 is 0 Å². The van der Waals surface area contributed by atoms with Gasteiger partial charge >= 0.3 is 5.69 Å². The van der Waals surface area contributed by atoms with E-state index in [9.17, 15) is 4.79 Å². The number of hydrogen-bond acceptors (Lipinski definition) is 5. The molecule has 176 valence electrons. The molecule has 0 aliphatic rings. The zero-order valence-electron chi connectivity index (χ0n) is 19.6. The Balaban J connectivity index is 1.38. The number of hydrogen-bond donors (Lipinski definition) is 1. The molecule has 0 saturated carbocycles. The van der Waals surface area contributed by atoms with Crippen LogP contribution in [0.1, 0.15) is 30.3 Å². The Hall–Kier alpha value is -4.33. The number of aryl methyl sites for hydroxylation is 3. The number of benzene rings is 2. The van der Waals surface area contributed by atoms with Gasteiger partial charge in [-0.25, -0.2) is 9.89 Å². The summed E-state index contributed by atoms with van der Waals surface area (Å²) in [6.45, 7) is 3.23. The lowest BCUT2D eigenvalue weighted by atomic mass is 10.0. The van der Waals surface area contributed by atoms with Gasteiger partial charge in [0.2, 0.25) is 0 Å². The van der Waals surface area contributed by atoms with E-state index in [4.69, 9.17) is 0 Å². The van der Waals surface area contributed by atoms with Gasteiger partial charge in [0.15, 0.2) is 5.82 Å². The van der Waals surface area contributed by atoms with Crippen LogP contribution >= 0.6 is 0 Å². The lowest BCUT2D eigenvalue weighted by Gasteiger charge is -2.09. The fourth-order valence-corrected chi connectivity index (χ4v) is 4.32. The van der Waals surface area contributed by atoms with Crippen molar-refractivity contribution in [1.29, 1.82) is 0 Å². The zero-order valence-corrected chi connectivity index (χ0v) is 19.6. The van der Waals surface area contributed by atoms with Crippen LogP contribution in [-0.4, -0.2) is 34.7 Å². The summed E-state index contributed by atoms with van der Waals surface area (Å²) in [5, 5.41) is 14.2. The van der Waals surface area contributed by atoms with Crippen molar-refractivity contribution in [3.63, 3.8) is 0 Å². The number of pyridine rings is 1. The average molecular weight is 466 g/mol. The molecule has 2 aromatic carbocycles. The Kier molecular flexibility index (Phi) is 6.61. The molecule has 1 N–H and O–H groups in total. The molecule has 35 heavy (non-hydrogen) atoms. The Bertz CT molecular complexity index is 1440. The van der Waals surface area contributed by atoms with Gasteiger partial charge in [0.25, 0.3) is 0 Å². The molecule has 0 unspecified atom stereocenters. The van der Waals surface area contributed by atoms with Crippen LogP contribution in [0.2, 0.25) is 0 Å². The van der Waals surface area contributed by atoms with Gasteiger partial charge < -0.3 is 0 Å². The van der Waals surface area contributed by atoms with Crippen LogP contribution < -0.4 is 5.69 Å². The Labute approximate surface area is 203 Å². The summed E-state index contributed by atoms with van der Waals surface area (Å²) < 4.78 is 3.68. The maximum absolute atomic E-state index is 13.2. The number of nitrogens with zero attached hydrogens (tertiary/aromatic N) is 6. The van der Waals surface area contributed by atoms with Crippen LogP contribution in [0.5, 0.6) is 0 Å². The number of nitrogens with one attached hydrogen (secondary N) is 1. The molecule has 0 spiro atoms. The van der Waals surface area contributed by atoms with Gasteiger partial charge in [0, 0.05) is 35.8 Å². The van der Waals surface area contributed by atoms with Crippen LogP contribution in [-0.2, 0) is 25.9 Å². The molecular weight excluding hydrogens is 438 g/mol. The van der Waals surface area contributed by atoms with Crippen molar-refractivity contribution >= 4 is 0 Å². The molecule has 0 aliphatic heterocycles. The largest absolute Gasteiger partial charge is 0.328 e. The van der Waals surface area contributed by atoms with Crippen LogP contribution in [0.15, 0.2) is 83.9 Å². The third kappa shape index (κ3) is 4.96. The van der Waals surface area contributed by atoms with Crippen molar-refractivity contribution < 1.29 is 0 Å². The van der Waals surface area contributed by atoms with Gasteiger partial charge in [-0.1, -0.05) is 74.0 Å². The fourth-order valence-electron chi connectivity index (χ4n) is 4.32. The van der Waals surface area contributed by atoms with Crippen molar-refractivity contribution in [3.05, 3.63) is 107 Å². The SMILES string of the molecule is CCCc1cn(CCc2ccccc2)c(=O)n1Cc1ccc(-c2ccccc2-c2nnn[nH]2)cn1. The molecule has 0 saturated heterocycles. The summed E-state index contributed by atoms with van der Waals surface area (Å²) in [6, 6.07) is 22.2. The number of rotatable bonds is 9. The highest BCUT2D eigenvalue weighted by Crippen LogP contribution is 2.29. The van der Waals surface area contributed by atoms with Gasteiger partial charge in [-0.3, -0.25) is 14.1 Å². The van der Waals surface area contributed by atoms with E-state index in [1.54, 1.807) is 0 Å². The maximum atomic E-state index is 13.2. The summed E-state index contributed by atoms with van der Waals surface area (Å²) in [6.07, 6.45) is 6.50. The lowest BCUT2D eigenvalue weighted by Crippen LogP contribution is -2.26. The monoisotopic (exact) mass is 465 g/mol. The van der Waals surface area contributed by atoms with Gasteiger partial charge in [-0.15, -0.1) is 5.10 Å². The van der Waals surface area contributed by atoms with E-state index in [0.717, 1.165) is 47.3 Å². The van der Waals surface area contributed by atoms with Crippen molar-refractivity contribution in [1.82, 2.24) is 34.7 Å². The molecular formula is C27H27N7O. The van der Waals surface area contributed by atoms with Crippen LogP contribution in [0.25, 0.3) is 22.5 Å². The zero-order chi connectivity index (χ0) is 24.0. The number of H-pyrrole nitrogens is 1. The number of tetrazole rings is 1. The van der Waals surface area contributed by atoms with E-state index in [1.165, 1.54) is 5.56 Å². The molecule has 8 heteroatoms. The summed E-state index contributed by atoms with van der Waals surface area (Å²) in [5.74, 6) is 0.609. The molecule has 0 fully saturated rings. The predicted octanol–water partition coefficient (Wildman–Crippen LogP) is 4.14. The Morgan fingerprint density at radius 2 is 1.71 bits per heavy atom. The second-order valence-electron chi connectivity index (χ2n) is 8.50. The highest BCUT2D eigenvalue weighted by Gasteiger charge is 2.14. The first kappa shape index (κ1) is 22.5. The number of aromatic nitrogens is 7. The topological polar surface area (TPSA) is 94.3 Å². The third-order valence-corrected chi connectivity index (χ3v) is 6.10. The van der Waals surface area contributed by atoms with Crippen molar-refractivity contribution in [3.8, 4) is 22.5 Å². The molecule has 5 rings (SSSR count). The summed E-state index contributed by atoms with van der Waals surface area (Å²) in [7, 11) is 0. The molecule has 8 nitrogen and oxygen atoms in total. The van der Waals surface area contributed by atoms with E-state index in [1.807, 2.05) is 76.1 Å². The molecule has 3 aromatic heterocycles. The molecule has 0 radical (unpaired) electrons. The standard InChI is InChI=1S/C27H27N7O/c1-2-8-23-19-33(16-15-20-9-4-3-5-10-20)27(35)34(23)18-22-14-13-21(17-28-22)24-11-6-7-12-25(24)26-29-31-32-30-26/h3-7,9-14,17,19H,2,8,15-16,18H2,1H3,(H,29,30,31,32). The van der Waals surface area contributed by atoms with Crippen LogP contribution in [0.4, 0.5) is 0 Å². The quantitative estimate of drug-likeness (QED) is 0.353. The van der Waals surface area contributed by atoms with Crippen molar-refractivity contribution in [2.45, 2.75) is 39.3 Å². The van der Waals surface area contributed by atoms with Crippen LogP contribution in [0, 0.1) is 0 Å². The minimum atomic E-state index is 0.0124. The second kappa shape index (κ2) is 10.3. The van der Waals surface area contributed by atoms with Crippen LogP contribution in [0.3, 0.4) is 0 Å². The smallest absolute Gasteiger partial charge is 0.299 e. The normalized spacial score (nSPS) is 11.1. The maximum Gasteiger partial charge on any atom is 0.328 e. The Morgan fingerprint density at radius 3 is 2.43 bits per heavy atom. The van der Waals surface area contributed by atoms with E-state index >= 15 is 0 Å². The minimum absolute atomic E-state index is 0.0124. The molecule has 0 amide bonds. The van der Waals surface area contributed by atoms with E-state index in [0.29, 0.717) is 18.9 Å². The molecule has 5 aromatic rings. The van der Waals surface area contributed by atoms with Gasteiger partial charge in [-0.2, -0.15) is 0 Å². The van der Waals surface area contributed by atoms with Crippen molar-refractivity contribution in [2.75, 3.05) is 0 Å². The van der Waals surface area contributed by atoms with Gasteiger partial charge in [0.1, 0.15) is 0 Å². The summed E-state index contributed by atoms with van der Waals surface area (Å²) in [5.41, 5.74) is 5.97. The van der Waals surface area contributed by atoms with E-state index in [2.05, 4.69) is 44.7 Å². The molecule has 0 atom stereocenters. The third-order valence-electron chi connectivity index (χ3n) is 6.10. The Morgan fingerprint density at radius 1 is 0.914 bits per heavy atom. The van der Waals surface area contributed by atoms with E-state index in [-0.39, 0.29) is 5.69 Å². The van der Waals surface area contributed by atoms with Gasteiger partial charge in [0.05, 0.1) is 12.2 Å². The molecule has 3 heterocycles. The highest BCUT2D eigenvalue weighted by atomic mass is 16.1. The summed E-state index contributed by atoms with van der Waals surface area (Å²) in [4.78, 5) is 17.9. The first-order valence-electron chi connectivity index (χ1n) is 11.8. The minimum Gasteiger partial charge on any atom is -0.299 e. The summed E-state index contributed by atoms with van der Waals surface area (Å²) >= 11 is 0. The van der Waals surface area contributed by atoms with Gasteiger partial charge in [-0.05, 0) is 40.5 Å². The number of imidazole rings is 1. The first-order valence-corrected chi connectivity index (χ1v) is 11.8. The second-order valence-corrected chi connectivity index (χ2v) is 8.50. The van der Waals surface area contributed by atoms with Crippen molar-refractivity contribution in [2.24, 2.45) is 0 Å². The lowest BCUT2D eigenvalue weighted by molar-refractivity contribution is 0.623. The first-order chi connectivity index (χ1) is 17.2. The highest BCUT2D eigenvalue weighted by molar-refractivity contribution is 5.79.